The van der Waals surface area contributed by atoms with Crippen molar-refractivity contribution in [2.24, 2.45) is 0 Å². The first-order valence-electron chi connectivity index (χ1n) is 8.25. The van der Waals surface area contributed by atoms with Crippen LogP contribution in [0.2, 0.25) is 0 Å². The number of nitrogens with one attached hydrogen (secondary N) is 1. The molecule has 1 amide bonds. The first kappa shape index (κ1) is 15.8. The Bertz CT molecular complexity index is 463. The van der Waals surface area contributed by atoms with Crippen molar-refractivity contribution >= 4 is 11.7 Å². The van der Waals surface area contributed by atoms with E-state index in [9.17, 15) is 4.79 Å². The summed E-state index contributed by atoms with van der Waals surface area (Å²) >= 11 is 0. The lowest BCUT2D eigenvalue weighted by Crippen LogP contribution is -2.35. The number of carbonyl (C=O) groups excluding carboxylic acids is 1. The van der Waals surface area contributed by atoms with E-state index in [4.69, 9.17) is 0 Å². The van der Waals surface area contributed by atoms with Gasteiger partial charge in [-0.2, -0.15) is 0 Å². The van der Waals surface area contributed by atoms with Crippen molar-refractivity contribution in [2.45, 2.75) is 58.9 Å². The van der Waals surface area contributed by atoms with E-state index in [0.29, 0.717) is 6.04 Å². The van der Waals surface area contributed by atoms with Gasteiger partial charge in [-0.25, -0.2) is 4.98 Å². The third-order valence-corrected chi connectivity index (χ3v) is 4.10. The van der Waals surface area contributed by atoms with Crippen molar-refractivity contribution in [1.82, 2.24) is 9.88 Å². The lowest BCUT2D eigenvalue weighted by atomic mass is 10.1. The van der Waals surface area contributed by atoms with Crippen LogP contribution >= 0.6 is 0 Å². The van der Waals surface area contributed by atoms with E-state index in [0.717, 1.165) is 62.3 Å². The van der Waals surface area contributed by atoms with Crippen LogP contribution in [0.3, 0.4) is 0 Å². The lowest BCUT2D eigenvalue weighted by molar-refractivity contribution is 0.0733. The minimum Gasteiger partial charge on any atom is -0.370 e. The number of hydrogen-bond acceptors (Lipinski definition) is 3. The number of likely N-dealkylation sites (tertiary alicyclic amines) is 1. The van der Waals surface area contributed by atoms with E-state index < -0.39 is 0 Å². The smallest absolute Gasteiger partial charge is 0.254 e. The summed E-state index contributed by atoms with van der Waals surface area (Å²) in [5, 5.41) is 3.24. The monoisotopic (exact) mass is 289 g/mol. The van der Waals surface area contributed by atoms with Crippen LogP contribution in [-0.4, -0.2) is 34.9 Å². The van der Waals surface area contributed by atoms with Gasteiger partial charge >= 0.3 is 0 Å². The molecule has 1 fully saturated rings. The van der Waals surface area contributed by atoms with Crippen molar-refractivity contribution < 1.29 is 4.79 Å². The third kappa shape index (κ3) is 3.74. The molecular weight excluding hydrogens is 262 g/mol. The van der Waals surface area contributed by atoms with Crippen molar-refractivity contribution in [2.75, 3.05) is 18.4 Å². The molecule has 1 N–H and O–H groups in total. The van der Waals surface area contributed by atoms with Crippen LogP contribution in [0.1, 0.15) is 62.5 Å². The number of nitrogens with zero attached hydrogens (tertiary/aromatic N) is 2. The van der Waals surface area contributed by atoms with Gasteiger partial charge < -0.3 is 10.2 Å². The number of hydrogen-bond donors (Lipinski definition) is 1. The minimum atomic E-state index is 0.165. The molecule has 4 nitrogen and oxygen atoms in total. The number of aryl methyl sites for hydroxylation is 1. The minimum absolute atomic E-state index is 0.165. The Morgan fingerprint density at radius 1 is 1.38 bits per heavy atom. The molecule has 2 rings (SSSR count). The van der Waals surface area contributed by atoms with E-state index >= 15 is 0 Å². The molecule has 4 heteroatoms. The summed E-state index contributed by atoms with van der Waals surface area (Å²) in [5.74, 6) is 0.984. The van der Waals surface area contributed by atoms with Crippen LogP contribution in [0.25, 0.3) is 0 Å². The lowest BCUT2D eigenvalue weighted by Gasteiger charge is -2.24. The zero-order valence-electron chi connectivity index (χ0n) is 13.5. The number of pyridine rings is 1. The van der Waals surface area contributed by atoms with Gasteiger partial charge in [0.1, 0.15) is 5.82 Å². The topological polar surface area (TPSA) is 45.2 Å². The zero-order chi connectivity index (χ0) is 15.2. The van der Waals surface area contributed by atoms with Gasteiger partial charge in [-0.15, -0.1) is 0 Å². The molecular formula is C17H27N3O. The van der Waals surface area contributed by atoms with Crippen LogP contribution in [0, 0.1) is 0 Å². The van der Waals surface area contributed by atoms with Gasteiger partial charge in [0.15, 0.2) is 0 Å². The van der Waals surface area contributed by atoms with E-state index in [1.807, 2.05) is 24.0 Å². The second kappa shape index (κ2) is 7.43. The largest absolute Gasteiger partial charge is 0.370 e. The van der Waals surface area contributed by atoms with Gasteiger partial charge in [0.2, 0.25) is 0 Å². The molecule has 0 aliphatic carbocycles. The van der Waals surface area contributed by atoms with E-state index in [-0.39, 0.29) is 5.91 Å². The van der Waals surface area contributed by atoms with Crippen LogP contribution in [0.4, 0.5) is 5.82 Å². The van der Waals surface area contributed by atoms with Gasteiger partial charge in [0.25, 0.3) is 5.91 Å². The van der Waals surface area contributed by atoms with Crippen molar-refractivity contribution in [1.29, 1.82) is 0 Å². The summed E-state index contributed by atoms with van der Waals surface area (Å²) in [6.07, 6.45) is 5.25. The van der Waals surface area contributed by atoms with E-state index in [1.165, 1.54) is 0 Å². The highest BCUT2D eigenvalue weighted by atomic mass is 16.2. The summed E-state index contributed by atoms with van der Waals surface area (Å²) in [6.45, 7) is 8.05. The Morgan fingerprint density at radius 2 is 2.19 bits per heavy atom. The average Bonchev–Trinajstić information content (AvgIpc) is 2.95. The third-order valence-electron chi connectivity index (χ3n) is 4.10. The molecule has 1 aliphatic heterocycles. The number of carbonyl (C=O) groups is 1. The first-order chi connectivity index (χ1) is 10.2. The highest BCUT2D eigenvalue weighted by Crippen LogP contribution is 2.23. The highest BCUT2D eigenvalue weighted by molar-refractivity contribution is 5.95. The van der Waals surface area contributed by atoms with Gasteiger partial charge in [-0.1, -0.05) is 20.3 Å². The maximum absolute atomic E-state index is 12.8. The molecule has 1 aromatic heterocycles. The molecule has 2 heterocycles. The zero-order valence-corrected chi connectivity index (χ0v) is 13.5. The Hall–Kier alpha value is -1.58. The number of anilines is 1. The van der Waals surface area contributed by atoms with E-state index in [1.54, 1.807) is 0 Å². The fraction of sp³-hybridized carbons (Fsp3) is 0.647. The van der Waals surface area contributed by atoms with Crippen LogP contribution < -0.4 is 5.32 Å². The van der Waals surface area contributed by atoms with Crippen molar-refractivity contribution in [3.63, 3.8) is 0 Å². The van der Waals surface area contributed by atoms with Gasteiger partial charge in [0, 0.05) is 30.4 Å². The maximum Gasteiger partial charge on any atom is 0.254 e. The molecule has 116 valence electrons. The first-order valence-corrected chi connectivity index (χ1v) is 8.25. The maximum atomic E-state index is 12.8. The van der Waals surface area contributed by atoms with Crippen LogP contribution in [-0.2, 0) is 6.42 Å². The fourth-order valence-corrected chi connectivity index (χ4v) is 3.06. The van der Waals surface area contributed by atoms with Crippen molar-refractivity contribution in [3.8, 4) is 0 Å². The second-order valence-corrected chi connectivity index (χ2v) is 5.72. The molecule has 0 radical (unpaired) electrons. The summed E-state index contributed by atoms with van der Waals surface area (Å²) in [5.41, 5.74) is 1.79. The SMILES string of the molecule is CCCc1cc(C(=O)N2CCCC2CC)cc(NCC)n1. The predicted molar refractivity (Wildman–Crippen MR) is 86.7 cm³/mol. The van der Waals surface area contributed by atoms with Crippen LogP contribution in [0.5, 0.6) is 0 Å². The molecule has 1 atom stereocenters. The number of aromatic nitrogens is 1. The Labute approximate surface area is 127 Å². The fourth-order valence-electron chi connectivity index (χ4n) is 3.06. The molecule has 0 bridgehead atoms. The summed E-state index contributed by atoms with van der Waals surface area (Å²) < 4.78 is 0. The number of amides is 1. The van der Waals surface area contributed by atoms with Gasteiger partial charge in [-0.05, 0) is 44.7 Å². The summed E-state index contributed by atoms with van der Waals surface area (Å²) in [4.78, 5) is 19.4. The molecule has 1 aromatic rings. The van der Waals surface area contributed by atoms with Crippen molar-refractivity contribution in [3.05, 3.63) is 23.4 Å². The normalized spacial score (nSPS) is 18.0. The number of rotatable bonds is 6. The molecule has 1 saturated heterocycles. The Morgan fingerprint density at radius 3 is 2.86 bits per heavy atom. The average molecular weight is 289 g/mol. The van der Waals surface area contributed by atoms with E-state index in [2.05, 4.69) is 24.1 Å². The quantitative estimate of drug-likeness (QED) is 0.872. The second-order valence-electron chi connectivity index (χ2n) is 5.72. The molecule has 0 saturated carbocycles. The molecule has 1 aliphatic rings. The Balaban J connectivity index is 2.26. The predicted octanol–water partition coefficient (Wildman–Crippen LogP) is 3.48. The standard InChI is InChI=1S/C17H27N3O/c1-4-8-14-11-13(12-16(19-14)18-6-3)17(21)20-10-7-9-15(20)5-2/h11-12,15H,4-10H2,1-3H3,(H,18,19). The molecule has 0 aromatic carbocycles. The molecule has 1 unspecified atom stereocenters. The molecule has 0 spiro atoms. The Kier molecular flexibility index (Phi) is 5.59. The van der Waals surface area contributed by atoms with Crippen LogP contribution in [0.15, 0.2) is 12.1 Å². The highest BCUT2D eigenvalue weighted by Gasteiger charge is 2.28. The molecule has 21 heavy (non-hydrogen) atoms. The van der Waals surface area contributed by atoms with Gasteiger partial charge in [0.05, 0.1) is 0 Å². The summed E-state index contributed by atoms with van der Waals surface area (Å²) in [7, 11) is 0. The van der Waals surface area contributed by atoms with Gasteiger partial charge in [-0.3, -0.25) is 4.79 Å². The summed E-state index contributed by atoms with van der Waals surface area (Å²) in [6, 6.07) is 4.27.